The average Bonchev–Trinajstić information content (AvgIpc) is 2.16. The normalized spacial score (nSPS) is 11.8. The van der Waals surface area contributed by atoms with E-state index in [1.165, 1.54) is 19.2 Å². The Bertz CT molecular complexity index is 346. The number of nitrogens with zero attached hydrogens (tertiary/aromatic N) is 1. The van der Waals surface area contributed by atoms with E-state index in [4.69, 9.17) is 15.1 Å². The molecule has 0 fully saturated rings. The first-order valence-electron chi connectivity index (χ1n) is 3.60. The van der Waals surface area contributed by atoms with E-state index >= 15 is 0 Å². The lowest BCUT2D eigenvalue weighted by molar-refractivity contribution is 0.229. The van der Waals surface area contributed by atoms with E-state index in [9.17, 15) is 4.39 Å². The van der Waals surface area contributed by atoms with Crippen molar-refractivity contribution in [2.45, 2.75) is 6.10 Å². The largest absolute Gasteiger partial charge is 0.496 e. The van der Waals surface area contributed by atoms with Gasteiger partial charge in [0.25, 0.3) is 0 Å². The van der Waals surface area contributed by atoms with Crippen molar-refractivity contribution in [1.29, 1.82) is 5.26 Å². The Morgan fingerprint density at radius 1 is 1.62 bits per heavy atom. The molecule has 0 aliphatic heterocycles. The monoisotopic (exact) mass is 181 g/mol. The zero-order chi connectivity index (χ0) is 9.84. The minimum atomic E-state index is -1.36. The topological polar surface area (TPSA) is 53.2 Å². The van der Waals surface area contributed by atoms with Gasteiger partial charge in [-0.05, 0) is 18.2 Å². The van der Waals surface area contributed by atoms with Crippen LogP contribution in [-0.2, 0) is 0 Å². The molecule has 13 heavy (non-hydrogen) atoms. The first kappa shape index (κ1) is 9.49. The molecule has 0 heterocycles. The third-order valence-electron chi connectivity index (χ3n) is 1.61. The maximum Gasteiger partial charge on any atom is 0.169 e. The number of aliphatic hydroxyl groups excluding tert-OH is 1. The Kier molecular flexibility index (Phi) is 2.83. The number of halogens is 1. The Hall–Kier alpha value is -1.60. The van der Waals surface area contributed by atoms with Gasteiger partial charge in [-0.2, -0.15) is 5.26 Å². The van der Waals surface area contributed by atoms with Gasteiger partial charge in [0, 0.05) is 5.56 Å². The highest BCUT2D eigenvalue weighted by Crippen LogP contribution is 2.25. The number of nitriles is 1. The molecule has 0 spiro atoms. The van der Waals surface area contributed by atoms with Crippen molar-refractivity contribution in [3.63, 3.8) is 0 Å². The molecule has 1 N–H and O–H groups in total. The zero-order valence-corrected chi connectivity index (χ0v) is 6.99. The van der Waals surface area contributed by atoms with Gasteiger partial charge in [0.1, 0.15) is 11.6 Å². The molecule has 0 aliphatic rings. The van der Waals surface area contributed by atoms with Gasteiger partial charge >= 0.3 is 0 Å². The fourth-order valence-electron chi connectivity index (χ4n) is 0.988. The van der Waals surface area contributed by atoms with E-state index in [1.807, 2.05) is 0 Å². The lowest BCUT2D eigenvalue weighted by Crippen LogP contribution is -1.98. The maximum absolute atomic E-state index is 12.7. The van der Waals surface area contributed by atoms with Crippen molar-refractivity contribution in [3.8, 4) is 11.8 Å². The van der Waals surface area contributed by atoms with E-state index in [2.05, 4.69) is 0 Å². The number of ether oxygens (including phenoxy) is 1. The Labute approximate surface area is 75.0 Å². The number of hydrogen-bond acceptors (Lipinski definition) is 3. The molecule has 1 aromatic carbocycles. The Morgan fingerprint density at radius 2 is 2.31 bits per heavy atom. The highest BCUT2D eigenvalue weighted by Gasteiger charge is 2.12. The van der Waals surface area contributed by atoms with Crippen LogP contribution in [0.3, 0.4) is 0 Å². The van der Waals surface area contributed by atoms with Crippen molar-refractivity contribution < 1.29 is 14.2 Å². The molecule has 1 atom stereocenters. The van der Waals surface area contributed by atoms with Crippen LogP contribution in [0.1, 0.15) is 11.7 Å². The van der Waals surface area contributed by atoms with Crippen LogP contribution in [0.25, 0.3) is 0 Å². The third-order valence-corrected chi connectivity index (χ3v) is 1.61. The summed E-state index contributed by atoms with van der Waals surface area (Å²) in [6, 6.07) is 5.24. The predicted octanol–water partition coefficient (Wildman–Crippen LogP) is 1.39. The smallest absolute Gasteiger partial charge is 0.169 e. The van der Waals surface area contributed by atoms with Gasteiger partial charge in [0.15, 0.2) is 6.10 Å². The Morgan fingerprint density at radius 3 is 2.85 bits per heavy atom. The maximum atomic E-state index is 12.7. The molecule has 0 saturated carbocycles. The zero-order valence-electron chi connectivity index (χ0n) is 6.99. The van der Waals surface area contributed by atoms with E-state index in [-0.39, 0.29) is 5.56 Å². The molecule has 3 nitrogen and oxygen atoms in total. The number of benzene rings is 1. The molecular formula is C9H8FNO2. The summed E-state index contributed by atoms with van der Waals surface area (Å²) in [6.45, 7) is 0. The molecule has 0 aromatic heterocycles. The minimum Gasteiger partial charge on any atom is -0.496 e. The highest BCUT2D eigenvalue weighted by atomic mass is 19.1. The molecule has 1 unspecified atom stereocenters. The molecule has 4 heteroatoms. The van der Waals surface area contributed by atoms with Crippen molar-refractivity contribution in [2.24, 2.45) is 0 Å². The van der Waals surface area contributed by atoms with Crippen LogP contribution in [0, 0.1) is 17.1 Å². The van der Waals surface area contributed by atoms with Gasteiger partial charge in [0.2, 0.25) is 0 Å². The number of aliphatic hydroxyl groups is 1. The van der Waals surface area contributed by atoms with Crippen molar-refractivity contribution in [3.05, 3.63) is 29.6 Å². The fourth-order valence-corrected chi connectivity index (χ4v) is 0.988. The van der Waals surface area contributed by atoms with Crippen LogP contribution >= 0.6 is 0 Å². The lowest BCUT2D eigenvalue weighted by Gasteiger charge is -2.08. The average molecular weight is 181 g/mol. The van der Waals surface area contributed by atoms with E-state index in [0.717, 1.165) is 6.07 Å². The summed E-state index contributed by atoms with van der Waals surface area (Å²) in [5.41, 5.74) is 0.144. The van der Waals surface area contributed by atoms with Gasteiger partial charge in [-0.1, -0.05) is 0 Å². The molecule has 0 aliphatic carbocycles. The number of methoxy groups -OCH3 is 1. The molecule has 1 rings (SSSR count). The summed E-state index contributed by atoms with van der Waals surface area (Å²) in [7, 11) is 1.39. The quantitative estimate of drug-likeness (QED) is 0.701. The second-order valence-corrected chi connectivity index (χ2v) is 2.42. The van der Waals surface area contributed by atoms with Crippen molar-refractivity contribution in [2.75, 3.05) is 7.11 Å². The van der Waals surface area contributed by atoms with Crippen molar-refractivity contribution >= 4 is 0 Å². The summed E-state index contributed by atoms with van der Waals surface area (Å²) in [5, 5.41) is 17.6. The summed E-state index contributed by atoms with van der Waals surface area (Å²) in [4.78, 5) is 0. The first-order chi connectivity index (χ1) is 6.19. The molecule has 68 valence electrons. The molecule has 0 saturated heterocycles. The number of hydrogen-bond donors (Lipinski definition) is 1. The van der Waals surface area contributed by atoms with Crippen LogP contribution in [0.5, 0.6) is 5.75 Å². The van der Waals surface area contributed by atoms with Gasteiger partial charge in [-0.3, -0.25) is 0 Å². The van der Waals surface area contributed by atoms with Gasteiger partial charge < -0.3 is 9.84 Å². The van der Waals surface area contributed by atoms with Crippen LogP contribution in [-0.4, -0.2) is 12.2 Å². The molecule has 0 bridgehead atoms. The molecule has 1 aromatic rings. The van der Waals surface area contributed by atoms with Crippen LogP contribution in [0.2, 0.25) is 0 Å². The van der Waals surface area contributed by atoms with E-state index in [0.29, 0.717) is 5.75 Å². The van der Waals surface area contributed by atoms with Crippen LogP contribution in [0.4, 0.5) is 4.39 Å². The summed E-state index contributed by atoms with van der Waals surface area (Å²) in [6.07, 6.45) is -1.36. The summed E-state index contributed by atoms with van der Waals surface area (Å²) < 4.78 is 17.5. The second kappa shape index (κ2) is 3.87. The van der Waals surface area contributed by atoms with E-state index < -0.39 is 11.9 Å². The highest BCUT2D eigenvalue weighted by molar-refractivity contribution is 5.37. The third kappa shape index (κ3) is 1.95. The molecular weight excluding hydrogens is 173 g/mol. The molecule has 0 amide bonds. The SMILES string of the molecule is COc1ccc(F)cc1C(O)C#N. The van der Waals surface area contributed by atoms with Crippen molar-refractivity contribution in [1.82, 2.24) is 0 Å². The standard InChI is InChI=1S/C9H8FNO2/c1-13-9-3-2-6(10)4-7(9)8(12)5-11/h2-4,8,12H,1H3. The van der Waals surface area contributed by atoms with Crippen LogP contribution in [0.15, 0.2) is 18.2 Å². The van der Waals surface area contributed by atoms with Crippen LogP contribution < -0.4 is 4.74 Å². The van der Waals surface area contributed by atoms with Gasteiger partial charge in [-0.25, -0.2) is 4.39 Å². The molecule has 0 radical (unpaired) electrons. The minimum absolute atomic E-state index is 0.144. The second-order valence-electron chi connectivity index (χ2n) is 2.42. The van der Waals surface area contributed by atoms with Gasteiger partial charge in [0.05, 0.1) is 13.2 Å². The first-order valence-corrected chi connectivity index (χ1v) is 3.60. The van der Waals surface area contributed by atoms with Gasteiger partial charge in [-0.15, -0.1) is 0 Å². The lowest BCUT2D eigenvalue weighted by atomic mass is 10.1. The Balaban J connectivity index is 3.17. The fraction of sp³-hybridized carbons (Fsp3) is 0.222. The van der Waals surface area contributed by atoms with E-state index in [1.54, 1.807) is 6.07 Å². The number of rotatable bonds is 2. The predicted molar refractivity (Wildman–Crippen MR) is 43.5 cm³/mol. The summed E-state index contributed by atoms with van der Waals surface area (Å²) in [5.74, 6) is -0.208. The summed E-state index contributed by atoms with van der Waals surface area (Å²) >= 11 is 0.